The molecule has 1 aromatic rings. The summed E-state index contributed by atoms with van der Waals surface area (Å²) >= 11 is 0. The minimum Gasteiger partial charge on any atom is -0.367 e. The molecule has 2 N–H and O–H groups in total. The van der Waals surface area contributed by atoms with Crippen molar-refractivity contribution >= 4 is 18.3 Å². The minimum absolute atomic E-state index is 0. The van der Waals surface area contributed by atoms with E-state index in [1.54, 1.807) is 19.1 Å². The molecule has 0 aliphatic heterocycles. The van der Waals surface area contributed by atoms with Crippen molar-refractivity contribution in [1.82, 2.24) is 4.90 Å². The molecule has 0 aromatic heterocycles. The zero-order valence-corrected chi connectivity index (χ0v) is 14.1. The first-order valence-electron chi connectivity index (χ1n) is 7.05. The third-order valence-electron chi connectivity index (χ3n) is 3.59. The van der Waals surface area contributed by atoms with E-state index in [0.717, 1.165) is 12.0 Å². The summed E-state index contributed by atoms with van der Waals surface area (Å²) in [6.45, 7) is 4.83. The highest BCUT2D eigenvalue weighted by Crippen LogP contribution is 2.19. The molecule has 1 rings (SSSR count). The highest BCUT2D eigenvalue weighted by Gasteiger charge is 2.23. The number of hydrogen-bond acceptors (Lipinski definition) is 3. The lowest BCUT2D eigenvalue weighted by atomic mass is 10.0. The molecule has 4 nitrogen and oxygen atoms in total. The van der Waals surface area contributed by atoms with E-state index in [4.69, 9.17) is 10.5 Å². The lowest BCUT2D eigenvalue weighted by molar-refractivity contribution is -0.141. The van der Waals surface area contributed by atoms with Crippen LogP contribution in [0.3, 0.4) is 0 Å². The average molecular weight is 315 g/mol. The van der Waals surface area contributed by atoms with Gasteiger partial charge in [-0.3, -0.25) is 4.79 Å². The predicted molar refractivity (Wildman–Crippen MR) is 88.5 cm³/mol. The van der Waals surface area contributed by atoms with Crippen molar-refractivity contribution in [2.45, 2.75) is 32.4 Å². The van der Waals surface area contributed by atoms with Gasteiger partial charge in [-0.25, -0.2) is 0 Å². The Kier molecular flexibility index (Phi) is 9.26. The molecule has 0 aliphatic rings. The molecule has 1 aromatic carbocycles. The van der Waals surface area contributed by atoms with Crippen molar-refractivity contribution in [2.24, 2.45) is 11.7 Å². The van der Waals surface area contributed by atoms with Crippen molar-refractivity contribution in [2.75, 3.05) is 20.7 Å². The van der Waals surface area contributed by atoms with Crippen LogP contribution in [0.15, 0.2) is 30.3 Å². The quantitative estimate of drug-likeness (QED) is 0.841. The second kappa shape index (κ2) is 9.77. The van der Waals surface area contributed by atoms with Crippen molar-refractivity contribution in [1.29, 1.82) is 0 Å². The number of rotatable bonds is 7. The first kappa shape index (κ1) is 19.9. The molecular weight excluding hydrogens is 288 g/mol. The summed E-state index contributed by atoms with van der Waals surface area (Å²) in [6, 6.07) is 9.65. The Bertz CT molecular complexity index is 412. The fourth-order valence-corrected chi connectivity index (χ4v) is 1.99. The van der Waals surface area contributed by atoms with Crippen LogP contribution in [0.1, 0.15) is 31.9 Å². The van der Waals surface area contributed by atoms with Gasteiger partial charge in [0.2, 0.25) is 0 Å². The molecular formula is C16H27ClN2O2. The van der Waals surface area contributed by atoms with Gasteiger partial charge in [0.15, 0.2) is 6.10 Å². The molecule has 21 heavy (non-hydrogen) atoms. The van der Waals surface area contributed by atoms with Gasteiger partial charge in [-0.15, -0.1) is 12.4 Å². The monoisotopic (exact) mass is 314 g/mol. The fourth-order valence-electron chi connectivity index (χ4n) is 1.99. The largest absolute Gasteiger partial charge is 0.367 e. The normalized spacial score (nSPS) is 13.4. The highest BCUT2D eigenvalue weighted by molar-refractivity contribution is 5.85. The summed E-state index contributed by atoms with van der Waals surface area (Å²) in [5.41, 5.74) is 6.89. The van der Waals surface area contributed by atoms with Crippen LogP contribution < -0.4 is 5.73 Å². The third kappa shape index (κ3) is 6.04. The van der Waals surface area contributed by atoms with Gasteiger partial charge in [-0.2, -0.15) is 0 Å². The summed E-state index contributed by atoms with van der Waals surface area (Å²) in [6.07, 6.45) is 0.252. The molecule has 0 radical (unpaired) electrons. The van der Waals surface area contributed by atoms with Gasteiger partial charge in [0.1, 0.15) is 0 Å². The molecule has 5 heteroatoms. The molecule has 120 valence electrons. The van der Waals surface area contributed by atoms with E-state index >= 15 is 0 Å². The molecule has 0 fully saturated rings. The maximum absolute atomic E-state index is 12.4. The lowest BCUT2D eigenvalue weighted by Gasteiger charge is -2.25. The van der Waals surface area contributed by atoms with Crippen LogP contribution in [-0.2, 0) is 9.53 Å². The molecule has 0 heterocycles. The van der Waals surface area contributed by atoms with Gasteiger partial charge in [0.05, 0.1) is 0 Å². The lowest BCUT2D eigenvalue weighted by Crippen LogP contribution is -2.37. The van der Waals surface area contributed by atoms with E-state index in [-0.39, 0.29) is 24.4 Å². The summed E-state index contributed by atoms with van der Waals surface area (Å²) in [4.78, 5) is 14.1. The zero-order valence-electron chi connectivity index (χ0n) is 13.3. The second-order valence-electron chi connectivity index (χ2n) is 5.48. The first-order valence-corrected chi connectivity index (χ1v) is 7.05. The van der Waals surface area contributed by atoms with Crippen molar-refractivity contribution in [3.63, 3.8) is 0 Å². The number of ether oxygens (including phenoxy) is 1. The fraction of sp³-hybridized carbons (Fsp3) is 0.562. The van der Waals surface area contributed by atoms with E-state index in [2.05, 4.69) is 13.8 Å². The van der Waals surface area contributed by atoms with E-state index in [9.17, 15) is 4.79 Å². The Morgan fingerprint density at radius 1 is 1.29 bits per heavy atom. The number of hydrogen-bond donors (Lipinski definition) is 1. The molecule has 2 atom stereocenters. The standard InChI is InChI=1S/C16H26N2O2.ClH/c1-12(2)14(17)10-11-18(3)16(19)15(20-4)13-8-6-5-7-9-13;/h5-9,12,14-15H,10-11,17H2,1-4H3;1H. The summed E-state index contributed by atoms with van der Waals surface area (Å²) in [5.74, 6) is 0.389. The number of nitrogens with two attached hydrogens (primary N) is 1. The number of carbonyl (C=O) groups excluding carboxylic acids is 1. The number of carbonyl (C=O) groups is 1. The van der Waals surface area contributed by atoms with Crippen LogP contribution in [0.4, 0.5) is 0 Å². The van der Waals surface area contributed by atoms with Crippen LogP contribution in [0.25, 0.3) is 0 Å². The van der Waals surface area contributed by atoms with E-state index < -0.39 is 6.10 Å². The Morgan fingerprint density at radius 3 is 2.33 bits per heavy atom. The van der Waals surface area contributed by atoms with Crippen LogP contribution >= 0.6 is 12.4 Å². The molecule has 1 amide bonds. The molecule has 0 aliphatic carbocycles. The van der Waals surface area contributed by atoms with Gasteiger partial charge in [-0.1, -0.05) is 44.2 Å². The molecule has 0 saturated heterocycles. The Labute approximate surface area is 134 Å². The smallest absolute Gasteiger partial charge is 0.256 e. The van der Waals surface area contributed by atoms with Crippen LogP contribution in [0.5, 0.6) is 0 Å². The Hall–Kier alpha value is -1.10. The molecule has 0 saturated carbocycles. The number of halogens is 1. The average Bonchev–Trinajstić information content (AvgIpc) is 2.45. The maximum atomic E-state index is 12.4. The van der Waals surface area contributed by atoms with Gasteiger partial charge in [0.25, 0.3) is 5.91 Å². The SMILES string of the molecule is COC(C(=O)N(C)CCC(N)C(C)C)c1ccccc1.Cl. The number of methoxy groups -OCH3 is 1. The highest BCUT2D eigenvalue weighted by atomic mass is 35.5. The van der Waals surface area contributed by atoms with Crippen LogP contribution in [0, 0.1) is 5.92 Å². The third-order valence-corrected chi connectivity index (χ3v) is 3.59. The van der Waals surface area contributed by atoms with Gasteiger partial charge >= 0.3 is 0 Å². The van der Waals surface area contributed by atoms with Crippen LogP contribution in [-0.4, -0.2) is 37.6 Å². The van der Waals surface area contributed by atoms with Gasteiger partial charge in [0, 0.05) is 26.7 Å². The van der Waals surface area contributed by atoms with E-state index in [1.165, 1.54) is 0 Å². The minimum atomic E-state index is -0.545. The van der Waals surface area contributed by atoms with E-state index in [1.807, 2.05) is 30.3 Å². The van der Waals surface area contributed by atoms with Crippen LogP contribution in [0.2, 0.25) is 0 Å². The summed E-state index contributed by atoms with van der Waals surface area (Å²) < 4.78 is 5.35. The first-order chi connectivity index (χ1) is 9.47. The Morgan fingerprint density at radius 2 is 1.86 bits per heavy atom. The predicted octanol–water partition coefficient (Wildman–Crippen LogP) is 2.63. The van der Waals surface area contributed by atoms with Gasteiger partial charge < -0.3 is 15.4 Å². The van der Waals surface area contributed by atoms with Crippen molar-refractivity contribution < 1.29 is 9.53 Å². The van der Waals surface area contributed by atoms with E-state index in [0.29, 0.717) is 12.5 Å². The molecule has 2 unspecified atom stereocenters. The second-order valence-corrected chi connectivity index (χ2v) is 5.48. The maximum Gasteiger partial charge on any atom is 0.256 e. The topological polar surface area (TPSA) is 55.6 Å². The Balaban J connectivity index is 0.00000400. The van der Waals surface area contributed by atoms with Gasteiger partial charge in [-0.05, 0) is 17.9 Å². The molecule has 0 bridgehead atoms. The number of likely N-dealkylation sites (N-methyl/N-ethyl adjacent to an activating group) is 1. The zero-order chi connectivity index (χ0) is 15.1. The van der Waals surface area contributed by atoms with Crippen molar-refractivity contribution in [3.8, 4) is 0 Å². The molecule has 0 spiro atoms. The number of nitrogens with zero attached hydrogens (tertiary/aromatic N) is 1. The number of amides is 1. The summed E-state index contributed by atoms with van der Waals surface area (Å²) in [5, 5.41) is 0. The number of benzene rings is 1. The van der Waals surface area contributed by atoms with Crippen molar-refractivity contribution in [3.05, 3.63) is 35.9 Å². The summed E-state index contributed by atoms with van der Waals surface area (Å²) in [7, 11) is 3.35.